The summed E-state index contributed by atoms with van der Waals surface area (Å²) in [6.45, 7) is 5.34. The Hall–Kier alpha value is -5.13. The molecule has 2 aromatic heterocycles. The first-order valence-electron chi connectivity index (χ1n) is 14.1. The molecule has 1 aliphatic rings. The van der Waals surface area contributed by atoms with Crippen molar-refractivity contribution in [1.82, 2.24) is 14.4 Å². The Balaban J connectivity index is 1.18. The molecule has 4 aromatic rings. The number of carbonyl (C=O) groups excluding carboxylic acids is 2. The molecule has 1 fully saturated rings. The highest BCUT2D eigenvalue weighted by molar-refractivity contribution is 5.91. The maximum Gasteiger partial charge on any atom is 0.322 e. The van der Waals surface area contributed by atoms with Crippen molar-refractivity contribution in [3.05, 3.63) is 112 Å². The number of nitro benzene ring substituents is 1. The Bertz CT molecular complexity index is 1580. The van der Waals surface area contributed by atoms with Gasteiger partial charge in [-0.2, -0.15) is 0 Å². The van der Waals surface area contributed by atoms with Crippen LogP contribution < -0.4 is 10.2 Å². The van der Waals surface area contributed by atoms with Crippen LogP contribution in [-0.2, 0) is 13.1 Å². The second-order valence-corrected chi connectivity index (χ2v) is 10.3. The summed E-state index contributed by atoms with van der Waals surface area (Å²) in [6.07, 6.45) is 2.62. The van der Waals surface area contributed by atoms with Crippen molar-refractivity contribution in [2.45, 2.75) is 26.4 Å². The number of anilines is 2. The fourth-order valence-electron chi connectivity index (χ4n) is 5.08. The Morgan fingerprint density at radius 2 is 1.74 bits per heavy atom. The summed E-state index contributed by atoms with van der Waals surface area (Å²) in [6, 6.07) is 19.3. The number of halogens is 1. The third kappa shape index (κ3) is 7.03. The van der Waals surface area contributed by atoms with Gasteiger partial charge in [-0.1, -0.05) is 19.1 Å². The molecule has 0 saturated carbocycles. The molecular formula is C31H33FN6O5. The summed E-state index contributed by atoms with van der Waals surface area (Å²) >= 11 is 0. The van der Waals surface area contributed by atoms with Gasteiger partial charge in [0, 0.05) is 62.4 Å². The summed E-state index contributed by atoms with van der Waals surface area (Å²) in [5.74, 6) is 0.166. The predicted octanol–water partition coefficient (Wildman–Crippen LogP) is 5.58. The lowest BCUT2D eigenvalue weighted by Gasteiger charge is -2.35. The lowest BCUT2D eigenvalue weighted by Crippen LogP contribution is -2.48. The van der Waals surface area contributed by atoms with E-state index < -0.39 is 10.7 Å². The molecule has 43 heavy (non-hydrogen) atoms. The molecule has 5 rings (SSSR count). The minimum atomic E-state index is -0.495. The zero-order valence-electron chi connectivity index (χ0n) is 23.8. The average molecular weight is 589 g/mol. The van der Waals surface area contributed by atoms with Crippen LogP contribution in [0.1, 0.15) is 35.4 Å². The zero-order chi connectivity index (χ0) is 30.3. The normalized spacial score (nSPS) is 13.2. The van der Waals surface area contributed by atoms with Crippen molar-refractivity contribution in [2.75, 3.05) is 42.9 Å². The van der Waals surface area contributed by atoms with E-state index in [0.717, 1.165) is 17.8 Å². The number of urea groups is 1. The van der Waals surface area contributed by atoms with Crippen LogP contribution in [0.25, 0.3) is 0 Å². The fourth-order valence-corrected chi connectivity index (χ4v) is 5.08. The first kappa shape index (κ1) is 29.4. The minimum absolute atomic E-state index is 0.0433. The molecule has 0 radical (unpaired) electrons. The molecule has 3 amide bonds. The fraction of sp³-hybridized carbons (Fsp3) is 0.290. The van der Waals surface area contributed by atoms with Crippen LogP contribution in [0.4, 0.5) is 26.2 Å². The molecular weight excluding hydrogens is 555 g/mol. The number of hydrogen-bond acceptors (Lipinski definition) is 6. The zero-order valence-corrected chi connectivity index (χ0v) is 23.8. The van der Waals surface area contributed by atoms with Crippen LogP contribution >= 0.6 is 0 Å². The number of aromatic nitrogens is 1. The van der Waals surface area contributed by atoms with Gasteiger partial charge in [0.2, 0.25) is 0 Å². The summed E-state index contributed by atoms with van der Waals surface area (Å²) in [5, 5.41) is 13.6. The summed E-state index contributed by atoms with van der Waals surface area (Å²) in [7, 11) is 0. The predicted molar refractivity (Wildman–Crippen MR) is 160 cm³/mol. The first-order valence-corrected chi connectivity index (χ1v) is 14.1. The van der Waals surface area contributed by atoms with E-state index >= 15 is 0 Å². The topological polar surface area (TPSA) is 117 Å². The number of non-ortho nitro benzene ring substituents is 1. The third-order valence-corrected chi connectivity index (χ3v) is 7.36. The van der Waals surface area contributed by atoms with Crippen molar-refractivity contribution in [1.29, 1.82) is 0 Å². The number of carbonyl (C=O) groups is 2. The first-order chi connectivity index (χ1) is 20.8. The number of piperazine rings is 1. The Morgan fingerprint density at radius 3 is 2.44 bits per heavy atom. The van der Waals surface area contributed by atoms with Crippen LogP contribution in [0.2, 0.25) is 0 Å². The van der Waals surface area contributed by atoms with Gasteiger partial charge in [0.25, 0.3) is 11.6 Å². The minimum Gasteiger partial charge on any atom is -0.454 e. The number of nitrogens with one attached hydrogen (secondary N) is 1. The number of amides is 3. The Kier molecular flexibility index (Phi) is 9.04. The monoisotopic (exact) mass is 588 g/mol. The van der Waals surface area contributed by atoms with Crippen LogP contribution in [0.3, 0.4) is 0 Å². The molecule has 2 aromatic carbocycles. The molecule has 12 heteroatoms. The molecule has 1 saturated heterocycles. The van der Waals surface area contributed by atoms with Crippen molar-refractivity contribution >= 4 is 29.0 Å². The number of nitro groups is 1. The molecule has 1 aliphatic heterocycles. The molecule has 0 spiro atoms. The summed E-state index contributed by atoms with van der Waals surface area (Å²) in [5.41, 5.74) is 1.91. The van der Waals surface area contributed by atoms with Gasteiger partial charge < -0.3 is 29.0 Å². The van der Waals surface area contributed by atoms with Crippen LogP contribution in [0.5, 0.6) is 0 Å². The lowest BCUT2D eigenvalue weighted by atomic mass is 10.2. The smallest absolute Gasteiger partial charge is 0.322 e. The lowest BCUT2D eigenvalue weighted by molar-refractivity contribution is -0.384. The summed E-state index contributed by atoms with van der Waals surface area (Å²) in [4.78, 5) is 42.1. The van der Waals surface area contributed by atoms with E-state index in [1.165, 1.54) is 24.3 Å². The molecule has 224 valence electrons. The highest BCUT2D eigenvalue weighted by Crippen LogP contribution is 2.22. The molecule has 0 bridgehead atoms. The number of rotatable bonds is 10. The largest absolute Gasteiger partial charge is 0.454 e. The van der Waals surface area contributed by atoms with Gasteiger partial charge in [-0.15, -0.1) is 0 Å². The van der Waals surface area contributed by atoms with Gasteiger partial charge in [0.05, 0.1) is 23.7 Å². The van der Waals surface area contributed by atoms with Crippen molar-refractivity contribution in [2.24, 2.45) is 0 Å². The number of hydrogen-bond donors (Lipinski definition) is 1. The second kappa shape index (κ2) is 13.2. The molecule has 1 N–H and O–H groups in total. The number of nitrogens with zero attached hydrogens (tertiary/aromatic N) is 5. The number of para-hydroxylation sites is 1. The standard InChI is InChI=1S/C31H33FN6O5/c1-2-15-37(31(40)33-28-8-4-3-7-27(28)32)21-25-6-5-16-36(25)22-26-13-14-29(43-26)30(39)35-19-17-34(18-20-35)23-9-11-24(12-10-23)38(41)42/h3-14,16H,2,15,17-22H2,1H3,(H,33,40). The van der Waals surface area contributed by atoms with E-state index in [1.54, 1.807) is 46.2 Å². The maximum absolute atomic E-state index is 14.1. The van der Waals surface area contributed by atoms with Gasteiger partial charge in [-0.3, -0.25) is 14.9 Å². The van der Waals surface area contributed by atoms with Crippen LogP contribution in [0, 0.1) is 15.9 Å². The molecule has 0 unspecified atom stereocenters. The quantitative estimate of drug-likeness (QED) is 0.191. The van der Waals surface area contributed by atoms with Gasteiger partial charge in [0.15, 0.2) is 5.76 Å². The van der Waals surface area contributed by atoms with Crippen molar-refractivity contribution in [3.8, 4) is 0 Å². The Morgan fingerprint density at radius 1 is 1.00 bits per heavy atom. The van der Waals surface area contributed by atoms with E-state index in [1.807, 2.05) is 29.8 Å². The third-order valence-electron chi connectivity index (χ3n) is 7.36. The van der Waals surface area contributed by atoms with Gasteiger partial charge in [-0.25, -0.2) is 9.18 Å². The van der Waals surface area contributed by atoms with E-state index in [0.29, 0.717) is 51.6 Å². The van der Waals surface area contributed by atoms with Crippen molar-refractivity contribution < 1.29 is 23.3 Å². The van der Waals surface area contributed by atoms with E-state index in [-0.39, 0.29) is 29.1 Å². The van der Waals surface area contributed by atoms with Gasteiger partial charge in [-0.05, 0) is 55.0 Å². The maximum atomic E-state index is 14.1. The average Bonchev–Trinajstić information content (AvgIpc) is 3.67. The van der Waals surface area contributed by atoms with Crippen LogP contribution in [-0.4, -0.2) is 64.0 Å². The van der Waals surface area contributed by atoms with E-state index in [2.05, 4.69) is 10.2 Å². The van der Waals surface area contributed by atoms with E-state index in [4.69, 9.17) is 4.42 Å². The van der Waals surface area contributed by atoms with Gasteiger partial charge >= 0.3 is 6.03 Å². The second-order valence-electron chi connectivity index (χ2n) is 10.3. The highest BCUT2D eigenvalue weighted by Gasteiger charge is 2.25. The van der Waals surface area contributed by atoms with E-state index in [9.17, 15) is 24.1 Å². The molecule has 0 atom stereocenters. The molecule has 3 heterocycles. The summed E-state index contributed by atoms with van der Waals surface area (Å²) < 4.78 is 22.0. The Labute approximate surface area is 248 Å². The van der Waals surface area contributed by atoms with Crippen LogP contribution in [0.15, 0.2) is 83.4 Å². The van der Waals surface area contributed by atoms with Gasteiger partial charge in [0.1, 0.15) is 11.6 Å². The molecule has 0 aliphatic carbocycles. The van der Waals surface area contributed by atoms with Crippen molar-refractivity contribution in [3.63, 3.8) is 0 Å². The SMILES string of the molecule is CCCN(Cc1cccn1Cc1ccc(C(=O)N2CCN(c3ccc([N+](=O)[O-])cc3)CC2)o1)C(=O)Nc1ccccc1F. The highest BCUT2D eigenvalue weighted by atomic mass is 19.1. The molecule has 11 nitrogen and oxygen atoms in total. The number of furan rings is 1. The number of benzene rings is 2.